The van der Waals surface area contributed by atoms with Crippen molar-refractivity contribution in [3.8, 4) is 5.75 Å². The predicted octanol–water partition coefficient (Wildman–Crippen LogP) is 8.49. The van der Waals surface area contributed by atoms with Gasteiger partial charge in [-0.25, -0.2) is 0 Å². The molecule has 0 saturated carbocycles. The average molecular weight is 359 g/mol. The smallest absolute Gasteiger partial charge is 0.119 e. The molecule has 1 heteroatoms. The van der Waals surface area contributed by atoms with Crippen LogP contribution in [0.15, 0.2) is 41.5 Å². The van der Waals surface area contributed by atoms with Crippen molar-refractivity contribution in [1.29, 1.82) is 0 Å². The van der Waals surface area contributed by atoms with Crippen LogP contribution in [0.2, 0.25) is 0 Å². The summed E-state index contributed by atoms with van der Waals surface area (Å²) in [4.78, 5) is 0. The summed E-state index contributed by atoms with van der Waals surface area (Å²) in [5, 5.41) is 0. The highest BCUT2D eigenvalue weighted by Crippen LogP contribution is 2.25. The molecular weight excluding hydrogens is 316 g/mol. The summed E-state index contributed by atoms with van der Waals surface area (Å²) in [5.74, 6) is 1.02. The van der Waals surface area contributed by atoms with Gasteiger partial charge in [-0.05, 0) is 44.2 Å². The molecule has 0 aliphatic rings. The molecule has 0 heterocycles. The molecule has 1 atom stereocenters. The van der Waals surface area contributed by atoms with Gasteiger partial charge in [-0.15, -0.1) is 0 Å². The molecule has 0 bridgehead atoms. The molecule has 0 saturated heterocycles. The fourth-order valence-corrected chi connectivity index (χ4v) is 3.79. The zero-order valence-corrected chi connectivity index (χ0v) is 17.9. The van der Waals surface area contributed by atoms with Crippen LogP contribution in [0.1, 0.15) is 105 Å². The quantitative estimate of drug-likeness (QED) is 0.225. The molecule has 0 aromatic heterocycles. The Morgan fingerprint density at radius 1 is 0.731 bits per heavy atom. The van der Waals surface area contributed by atoms with Crippen molar-refractivity contribution < 1.29 is 4.74 Å². The van der Waals surface area contributed by atoms with Gasteiger partial charge in [-0.1, -0.05) is 95.6 Å². The van der Waals surface area contributed by atoms with E-state index >= 15 is 0 Å². The highest BCUT2D eigenvalue weighted by Gasteiger charge is 2.14. The first-order valence-corrected chi connectivity index (χ1v) is 11.2. The van der Waals surface area contributed by atoms with Crippen molar-refractivity contribution in [3.05, 3.63) is 41.5 Å². The molecule has 0 amide bonds. The van der Waals surface area contributed by atoms with Crippen molar-refractivity contribution in [1.82, 2.24) is 0 Å². The molecule has 1 unspecified atom stereocenters. The minimum atomic E-state index is 0.316. The van der Waals surface area contributed by atoms with Crippen LogP contribution in [0.25, 0.3) is 0 Å². The maximum Gasteiger partial charge on any atom is 0.119 e. The molecule has 1 rings (SSSR count). The Balaban J connectivity index is 2.59. The number of para-hydroxylation sites is 1. The lowest BCUT2D eigenvalue weighted by Gasteiger charge is -2.22. The molecule has 148 valence electrons. The molecule has 1 aromatic rings. The Bertz CT molecular complexity index is 468. The Morgan fingerprint density at radius 3 is 1.88 bits per heavy atom. The van der Waals surface area contributed by atoms with Crippen LogP contribution >= 0.6 is 0 Å². The van der Waals surface area contributed by atoms with E-state index < -0.39 is 0 Å². The Hall–Kier alpha value is -1.24. The lowest BCUT2D eigenvalue weighted by atomic mass is 9.94. The van der Waals surface area contributed by atoms with Crippen LogP contribution in [0.5, 0.6) is 5.75 Å². The number of hydrogen-bond acceptors (Lipinski definition) is 1. The molecule has 1 aromatic carbocycles. The number of unbranched alkanes of at least 4 members (excludes halogenated alkanes) is 6. The maximum atomic E-state index is 6.40. The first-order valence-electron chi connectivity index (χ1n) is 11.2. The third-order valence-corrected chi connectivity index (χ3v) is 5.43. The van der Waals surface area contributed by atoms with Crippen molar-refractivity contribution in [2.75, 3.05) is 0 Å². The van der Waals surface area contributed by atoms with E-state index in [9.17, 15) is 0 Å². The molecule has 0 radical (unpaired) electrons. The van der Waals surface area contributed by atoms with E-state index in [4.69, 9.17) is 4.74 Å². The predicted molar refractivity (Wildman–Crippen MR) is 116 cm³/mol. The van der Waals surface area contributed by atoms with Gasteiger partial charge in [-0.3, -0.25) is 0 Å². The zero-order valence-electron chi connectivity index (χ0n) is 17.9. The molecule has 0 aliphatic heterocycles. The molecule has 0 fully saturated rings. The topological polar surface area (TPSA) is 9.23 Å². The van der Waals surface area contributed by atoms with Gasteiger partial charge < -0.3 is 4.74 Å². The highest BCUT2D eigenvalue weighted by molar-refractivity contribution is 5.22. The van der Waals surface area contributed by atoms with Crippen LogP contribution < -0.4 is 4.74 Å². The standard InChI is InChI=1S/C25H42O/c1-5-9-10-11-12-13-15-20-25(26-24-18-16-14-17-19-24)21-23(8-4)22(6-2)7-3/h14,16-19,25H,5-13,15,20-21H2,1-4H3. The van der Waals surface area contributed by atoms with Crippen LogP contribution in [0.3, 0.4) is 0 Å². The van der Waals surface area contributed by atoms with Crippen molar-refractivity contribution in [2.45, 2.75) is 111 Å². The van der Waals surface area contributed by atoms with Crippen LogP contribution in [0, 0.1) is 0 Å². The molecule has 0 aliphatic carbocycles. The van der Waals surface area contributed by atoms with E-state index in [0.717, 1.165) is 18.6 Å². The van der Waals surface area contributed by atoms with Crippen molar-refractivity contribution in [3.63, 3.8) is 0 Å². The second-order valence-corrected chi connectivity index (χ2v) is 7.43. The van der Waals surface area contributed by atoms with Gasteiger partial charge in [0.15, 0.2) is 0 Å². The summed E-state index contributed by atoms with van der Waals surface area (Å²) < 4.78 is 6.40. The van der Waals surface area contributed by atoms with Gasteiger partial charge in [0, 0.05) is 6.42 Å². The van der Waals surface area contributed by atoms with E-state index in [-0.39, 0.29) is 0 Å². The first kappa shape index (κ1) is 22.8. The summed E-state index contributed by atoms with van der Waals surface area (Å²) in [7, 11) is 0. The largest absolute Gasteiger partial charge is 0.490 e. The molecule has 0 N–H and O–H groups in total. The van der Waals surface area contributed by atoms with Gasteiger partial charge in [0.2, 0.25) is 0 Å². The number of benzene rings is 1. The third-order valence-electron chi connectivity index (χ3n) is 5.43. The van der Waals surface area contributed by atoms with E-state index in [2.05, 4.69) is 58.0 Å². The van der Waals surface area contributed by atoms with Gasteiger partial charge in [0.05, 0.1) is 0 Å². The fraction of sp³-hybridized carbons (Fsp3) is 0.680. The number of rotatable bonds is 15. The van der Waals surface area contributed by atoms with Gasteiger partial charge >= 0.3 is 0 Å². The van der Waals surface area contributed by atoms with E-state index in [1.165, 1.54) is 64.2 Å². The second-order valence-electron chi connectivity index (χ2n) is 7.43. The Kier molecular flexibility index (Phi) is 13.0. The maximum absolute atomic E-state index is 6.40. The van der Waals surface area contributed by atoms with Crippen LogP contribution in [0.4, 0.5) is 0 Å². The van der Waals surface area contributed by atoms with Crippen LogP contribution in [-0.2, 0) is 0 Å². The molecule has 0 spiro atoms. The summed E-state index contributed by atoms with van der Waals surface area (Å²) >= 11 is 0. The molecule has 1 nitrogen and oxygen atoms in total. The number of allylic oxidation sites excluding steroid dienone is 1. The number of hydrogen-bond donors (Lipinski definition) is 0. The monoisotopic (exact) mass is 358 g/mol. The third kappa shape index (κ3) is 9.46. The number of ether oxygens (including phenoxy) is 1. The summed E-state index contributed by atoms with van der Waals surface area (Å²) in [5.41, 5.74) is 3.26. The van der Waals surface area contributed by atoms with E-state index in [1.807, 2.05) is 0 Å². The van der Waals surface area contributed by atoms with E-state index in [0.29, 0.717) is 6.10 Å². The zero-order chi connectivity index (χ0) is 19.0. The fourth-order valence-electron chi connectivity index (χ4n) is 3.79. The molecule has 26 heavy (non-hydrogen) atoms. The average Bonchev–Trinajstić information content (AvgIpc) is 2.67. The van der Waals surface area contributed by atoms with E-state index in [1.54, 1.807) is 11.1 Å². The Morgan fingerprint density at radius 2 is 1.31 bits per heavy atom. The first-order chi connectivity index (χ1) is 12.7. The normalized spacial score (nSPS) is 12.0. The lowest BCUT2D eigenvalue weighted by Crippen LogP contribution is -2.18. The molecular formula is C25H42O. The lowest BCUT2D eigenvalue weighted by molar-refractivity contribution is 0.185. The summed E-state index contributed by atoms with van der Waals surface area (Å²) in [6.45, 7) is 9.16. The van der Waals surface area contributed by atoms with Crippen LogP contribution in [-0.4, -0.2) is 6.10 Å². The highest BCUT2D eigenvalue weighted by atomic mass is 16.5. The minimum absolute atomic E-state index is 0.316. The Labute approximate surface area is 163 Å². The van der Waals surface area contributed by atoms with Gasteiger partial charge in [0.1, 0.15) is 11.9 Å². The van der Waals surface area contributed by atoms with Gasteiger partial charge in [-0.2, -0.15) is 0 Å². The summed E-state index contributed by atoms with van der Waals surface area (Å²) in [6.07, 6.45) is 15.6. The van der Waals surface area contributed by atoms with Crippen molar-refractivity contribution >= 4 is 0 Å². The van der Waals surface area contributed by atoms with Crippen molar-refractivity contribution in [2.24, 2.45) is 0 Å². The minimum Gasteiger partial charge on any atom is -0.490 e. The summed E-state index contributed by atoms with van der Waals surface area (Å²) in [6, 6.07) is 10.4. The van der Waals surface area contributed by atoms with Gasteiger partial charge in [0.25, 0.3) is 0 Å². The second kappa shape index (κ2) is 14.9. The SMILES string of the molecule is CCCCCCCCCC(CC(CC)=C(CC)CC)Oc1ccccc1.